The summed E-state index contributed by atoms with van der Waals surface area (Å²) in [6, 6.07) is 6.02. The lowest BCUT2D eigenvalue weighted by molar-refractivity contribution is 0.314. The van der Waals surface area contributed by atoms with Gasteiger partial charge in [-0.2, -0.15) is 0 Å². The van der Waals surface area contributed by atoms with E-state index >= 15 is 0 Å². The van der Waals surface area contributed by atoms with Crippen molar-refractivity contribution in [2.24, 2.45) is 0 Å². The molecule has 0 saturated heterocycles. The monoisotopic (exact) mass is 285 g/mol. The molecule has 0 aliphatic rings. The third-order valence-electron chi connectivity index (χ3n) is 2.88. The van der Waals surface area contributed by atoms with Crippen molar-refractivity contribution in [3.8, 4) is 5.75 Å². The molecule has 1 aromatic carbocycles. The van der Waals surface area contributed by atoms with Gasteiger partial charge in [-0.1, -0.05) is 24.6 Å². The first kappa shape index (κ1) is 16.0. The Labute approximate surface area is 116 Å². The molecule has 0 saturated carbocycles. The number of rotatable bonds is 8. The summed E-state index contributed by atoms with van der Waals surface area (Å²) in [5.74, 6) is 1.22. The summed E-state index contributed by atoms with van der Waals surface area (Å²) < 4.78 is 28.4. The molecule has 4 nitrogen and oxygen atoms in total. The number of sulfone groups is 1. The fourth-order valence-corrected chi connectivity index (χ4v) is 2.63. The lowest BCUT2D eigenvalue weighted by Crippen LogP contribution is -2.13. The van der Waals surface area contributed by atoms with E-state index in [1.165, 1.54) is 5.56 Å². The van der Waals surface area contributed by atoms with Crippen LogP contribution in [0.15, 0.2) is 18.2 Å². The highest BCUT2D eigenvalue weighted by atomic mass is 32.2. The summed E-state index contributed by atoms with van der Waals surface area (Å²) in [7, 11) is -1.00. The van der Waals surface area contributed by atoms with Crippen molar-refractivity contribution < 1.29 is 13.2 Å². The first-order valence-electron chi connectivity index (χ1n) is 6.56. The molecule has 0 atom stereocenters. The van der Waals surface area contributed by atoms with Gasteiger partial charge in [0.1, 0.15) is 15.6 Å². The molecule has 0 spiro atoms. The Morgan fingerprint density at radius 2 is 2.05 bits per heavy atom. The highest BCUT2D eigenvalue weighted by Gasteiger charge is 2.08. The fourth-order valence-electron chi connectivity index (χ4n) is 1.78. The Morgan fingerprint density at radius 3 is 2.68 bits per heavy atom. The second-order valence-electron chi connectivity index (χ2n) is 4.58. The largest absolute Gasteiger partial charge is 0.493 e. The van der Waals surface area contributed by atoms with Crippen LogP contribution in [-0.2, 0) is 16.4 Å². The van der Waals surface area contributed by atoms with E-state index in [1.54, 1.807) is 6.92 Å². The number of benzene rings is 1. The molecule has 0 heterocycles. The van der Waals surface area contributed by atoms with Crippen molar-refractivity contribution in [2.45, 2.75) is 26.8 Å². The lowest BCUT2D eigenvalue weighted by Gasteiger charge is -2.12. The smallest absolute Gasteiger partial charge is 0.150 e. The summed E-state index contributed by atoms with van der Waals surface area (Å²) in [6.45, 7) is 4.88. The van der Waals surface area contributed by atoms with E-state index in [2.05, 4.69) is 11.4 Å². The summed E-state index contributed by atoms with van der Waals surface area (Å²) in [5, 5.41) is 3.10. The highest BCUT2D eigenvalue weighted by molar-refractivity contribution is 7.91. The zero-order chi connectivity index (χ0) is 14.3. The molecular weight excluding hydrogens is 262 g/mol. The van der Waals surface area contributed by atoms with E-state index in [4.69, 9.17) is 4.74 Å². The molecule has 0 aliphatic heterocycles. The maximum Gasteiger partial charge on any atom is 0.150 e. The highest BCUT2D eigenvalue weighted by Crippen LogP contribution is 2.20. The molecule has 0 bridgehead atoms. The normalized spacial score (nSPS) is 11.5. The van der Waals surface area contributed by atoms with Gasteiger partial charge >= 0.3 is 0 Å². The third-order valence-corrected chi connectivity index (χ3v) is 4.67. The van der Waals surface area contributed by atoms with Gasteiger partial charge in [-0.3, -0.25) is 0 Å². The maximum absolute atomic E-state index is 11.4. The van der Waals surface area contributed by atoms with E-state index in [-0.39, 0.29) is 11.5 Å². The van der Waals surface area contributed by atoms with Crippen LogP contribution in [0.3, 0.4) is 0 Å². The van der Waals surface area contributed by atoms with Gasteiger partial charge in [0.2, 0.25) is 0 Å². The molecule has 1 N–H and O–H groups in total. The summed E-state index contributed by atoms with van der Waals surface area (Å²) in [5.41, 5.74) is 2.28. The maximum atomic E-state index is 11.4. The van der Waals surface area contributed by atoms with Crippen LogP contribution in [0.4, 0.5) is 0 Å². The predicted molar refractivity (Wildman–Crippen MR) is 78.4 cm³/mol. The van der Waals surface area contributed by atoms with Crippen molar-refractivity contribution in [2.75, 3.05) is 25.2 Å². The van der Waals surface area contributed by atoms with Crippen molar-refractivity contribution in [3.63, 3.8) is 0 Å². The quantitative estimate of drug-likeness (QED) is 0.741. The second kappa shape index (κ2) is 7.50. The van der Waals surface area contributed by atoms with Gasteiger partial charge in [0, 0.05) is 17.9 Å². The van der Waals surface area contributed by atoms with Gasteiger partial charge in [0.05, 0.1) is 12.4 Å². The molecule has 1 aromatic rings. The Bertz CT molecular complexity index is 497. The average molecular weight is 285 g/mol. The fraction of sp³-hybridized carbons (Fsp3) is 0.571. The van der Waals surface area contributed by atoms with Crippen LogP contribution >= 0.6 is 0 Å². The number of aryl methyl sites for hydroxylation is 1. The molecule has 0 aliphatic carbocycles. The SMILES string of the molecule is CCS(=O)(=O)CCCOc1ccc(C)cc1CNC. The van der Waals surface area contributed by atoms with Crippen LogP contribution in [-0.4, -0.2) is 33.6 Å². The van der Waals surface area contributed by atoms with E-state index in [0.29, 0.717) is 13.0 Å². The molecule has 19 heavy (non-hydrogen) atoms. The zero-order valence-electron chi connectivity index (χ0n) is 11.9. The summed E-state index contributed by atoms with van der Waals surface area (Å²) in [4.78, 5) is 0. The third kappa shape index (κ3) is 5.61. The van der Waals surface area contributed by atoms with Gasteiger partial charge in [-0.25, -0.2) is 8.42 Å². The molecule has 0 fully saturated rings. The van der Waals surface area contributed by atoms with E-state index in [0.717, 1.165) is 17.9 Å². The zero-order valence-corrected chi connectivity index (χ0v) is 12.7. The summed E-state index contributed by atoms with van der Waals surface area (Å²) in [6.07, 6.45) is 0.531. The van der Waals surface area contributed by atoms with Crippen molar-refractivity contribution in [1.29, 1.82) is 0 Å². The first-order chi connectivity index (χ1) is 8.98. The van der Waals surface area contributed by atoms with Crippen LogP contribution in [0.2, 0.25) is 0 Å². The minimum Gasteiger partial charge on any atom is -0.493 e. The summed E-state index contributed by atoms with van der Waals surface area (Å²) >= 11 is 0. The molecule has 0 radical (unpaired) electrons. The number of hydrogen-bond donors (Lipinski definition) is 1. The van der Waals surface area contributed by atoms with E-state index in [1.807, 2.05) is 26.1 Å². The molecule has 108 valence electrons. The number of nitrogens with one attached hydrogen (secondary N) is 1. The molecule has 0 unspecified atom stereocenters. The van der Waals surface area contributed by atoms with Crippen molar-refractivity contribution >= 4 is 9.84 Å². The average Bonchev–Trinajstić information content (AvgIpc) is 2.37. The van der Waals surface area contributed by atoms with Crippen LogP contribution in [0, 0.1) is 6.92 Å². The first-order valence-corrected chi connectivity index (χ1v) is 8.38. The van der Waals surface area contributed by atoms with Gasteiger partial charge in [0.15, 0.2) is 0 Å². The molecule has 0 amide bonds. The minimum absolute atomic E-state index is 0.191. The Kier molecular flexibility index (Phi) is 6.31. The molecule has 1 rings (SSSR count). The number of hydrogen-bond acceptors (Lipinski definition) is 4. The Hall–Kier alpha value is -1.07. The Morgan fingerprint density at radius 1 is 1.32 bits per heavy atom. The molecule has 5 heteroatoms. The van der Waals surface area contributed by atoms with Gasteiger partial charge in [-0.05, 0) is 26.5 Å². The van der Waals surface area contributed by atoms with Gasteiger partial charge in [-0.15, -0.1) is 0 Å². The van der Waals surface area contributed by atoms with Crippen LogP contribution in [0.5, 0.6) is 5.75 Å². The van der Waals surface area contributed by atoms with Crippen molar-refractivity contribution in [3.05, 3.63) is 29.3 Å². The van der Waals surface area contributed by atoms with E-state index in [9.17, 15) is 8.42 Å². The van der Waals surface area contributed by atoms with Crippen LogP contribution < -0.4 is 10.1 Å². The van der Waals surface area contributed by atoms with Crippen LogP contribution in [0.25, 0.3) is 0 Å². The van der Waals surface area contributed by atoms with Gasteiger partial charge < -0.3 is 10.1 Å². The van der Waals surface area contributed by atoms with Crippen molar-refractivity contribution in [1.82, 2.24) is 5.32 Å². The molecule has 0 aromatic heterocycles. The van der Waals surface area contributed by atoms with E-state index < -0.39 is 9.84 Å². The molecular formula is C14H23NO3S. The minimum atomic E-state index is -2.89. The second-order valence-corrected chi connectivity index (χ2v) is 7.05. The number of ether oxygens (including phenoxy) is 1. The Balaban J connectivity index is 2.53. The van der Waals surface area contributed by atoms with Crippen LogP contribution in [0.1, 0.15) is 24.5 Å². The van der Waals surface area contributed by atoms with Gasteiger partial charge in [0.25, 0.3) is 0 Å². The standard InChI is InChI=1S/C14H23NO3S/c1-4-19(16,17)9-5-8-18-14-7-6-12(2)10-13(14)11-15-3/h6-7,10,15H,4-5,8-9,11H2,1-3H3. The topological polar surface area (TPSA) is 55.4 Å². The predicted octanol–water partition coefficient (Wildman–Crippen LogP) is 1.92. The lowest BCUT2D eigenvalue weighted by atomic mass is 10.1.